The number of nitrogens with one attached hydrogen (secondary N) is 2. The van der Waals surface area contributed by atoms with Crippen molar-refractivity contribution in [1.82, 2.24) is 39.4 Å². The molecule has 2 N–H and O–H groups in total. The topological polar surface area (TPSA) is 119 Å². The maximum Gasteiger partial charge on any atom is 0.245 e. The fourth-order valence-electron chi connectivity index (χ4n) is 3.98. The van der Waals surface area contributed by atoms with E-state index >= 15 is 0 Å². The van der Waals surface area contributed by atoms with E-state index in [0.717, 1.165) is 35.0 Å². The molecule has 4 aromatic heterocycles. The summed E-state index contributed by atoms with van der Waals surface area (Å²) in [5.74, 6) is 0.794. The Kier molecular flexibility index (Phi) is 6.10. The summed E-state index contributed by atoms with van der Waals surface area (Å²) in [6, 6.07) is 0.120. The van der Waals surface area contributed by atoms with Crippen LogP contribution >= 0.6 is 0 Å². The quantitative estimate of drug-likeness (QED) is 0.404. The lowest BCUT2D eigenvalue weighted by atomic mass is 9.88. The minimum atomic E-state index is -0.0877. The molecule has 0 saturated heterocycles. The SMILES string of the molecule is C.C=CC(=O)N(C)C1CC(Oc2nc(Nc3cnn(C)c3)nc3[nH]cc(-c4cnn(C)c4)c23)C1. The van der Waals surface area contributed by atoms with Crippen molar-refractivity contribution in [3.63, 3.8) is 0 Å². The van der Waals surface area contributed by atoms with E-state index in [9.17, 15) is 4.79 Å². The zero-order chi connectivity index (χ0) is 23.1. The number of aromatic nitrogens is 7. The number of nitrogens with zero attached hydrogens (tertiary/aromatic N) is 7. The molecule has 4 aromatic rings. The number of hydrogen-bond donors (Lipinski definition) is 2. The monoisotopic (exact) mass is 463 g/mol. The summed E-state index contributed by atoms with van der Waals surface area (Å²) in [5, 5.41) is 12.4. The molecule has 0 radical (unpaired) electrons. The molecular weight excluding hydrogens is 434 g/mol. The molecule has 0 aliphatic heterocycles. The van der Waals surface area contributed by atoms with Crippen molar-refractivity contribution in [2.75, 3.05) is 12.4 Å². The minimum Gasteiger partial charge on any atom is -0.474 e. The van der Waals surface area contributed by atoms with Gasteiger partial charge in [-0.25, -0.2) is 0 Å². The summed E-state index contributed by atoms with van der Waals surface area (Å²) in [5.41, 5.74) is 3.28. The lowest BCUT2D eigenvalue weighted by molar-refractivity contribution is -0.130. The number of aryl methyl sites for hydroxylation is 2. The van der Waals surface area contributed by atoms with Gasteiger partial charge in [-0.3, -0.25) is 14.2 Å². The van der Waals surface area contributed by atoms with Gasteiger partial charge in [-0.2, -0.15) is 20.2 Å². The Morgan fingerprint density at radius 3 is 2.62 bits per heavy atom. The number of anilines is 2. The van der Waals surface area contributed by atoms with Crippen LogP contribution in [0.1, 0.15) is 20.3 Å². The van der Waals surface area contributed by atoms with Crippen LogP contribution in [-0.4, -0.2) is 64.5 Å². The van der Waals surface area contributed by atoms with Gasteiger partial charge < -0.3 is 19.9 Å². The first-order chi connectivity index (χ1) is 15.9. The highest BCUT2D eigenvalue weighted by Crippen LogP contribution is 2.37. The van der Waals surface area contributed by atoms with E-state index in [4.69, 9.17) is 4.74 Å². The second-order valence-corrected chi connectivity index (χ2v) is 8.23. The zero-order valence-electron chi connectivity index (χ0n) is 18.7. The average molecular weight is 464 g/mol. The van der Waals surface area contributed by atoms with Gasteiger partial charge in [0.1, 0.15) is 11.8 Å². The van der Waals surface area contributed by atoms with Crippen molar-refractivity contribution in [2.45, 2.75) is 32.4 Å². The molecule has 1 saturated carbocycles. The smallest absolute Gasteiger partial charge is 0.245 e. The highest BCUT2D eigenvalue weighted by Gasteiger charge is 2.36. The van der Waals surface area contributed by atoms with Crippen molar-refractivity contribution in [2.24, 2.45) is 14.1 Å². The maximum atomic E-state index is 11.9. The summed E-state index contributed by atoms with van der Waals surface area (Å²) >= 11 is 0. The van der Waals surface area contributed by atoms with Crippen LogP contribution in [0.3, 0.4) is 0 Å². The van der Waals surface area contributed by atoms with Gasteiger partial charge in [-0.05, 0) is 6.08 Å². The van der Waals surface area contributed by atoms with Gasteiger partial charge in [0.15, 0.2) is 0 Å². The summed E-state index contributed by atoms with van der Waals surface area (Å²) in [6.45, 7) is 3.56. The van der Waals surface area contributed by atoms with E-state index in [0.29, 0.717) is 17.5 Å². The highest BCUT2D eigenvalue weighted by molar-refractivity contribution is 5.97. The summed E-state index contributed by atoms with van der Waals surface area (Å²) < 4.78 is 9.79. The van der Waals surface area contributed by atoms with Gasteiger partial charge in [0.05, 0.1) is 23.5 Å². The van der Waals surface area contributed by atoms with E-state index in [-0.39, 0.29) is 25.5 Å². The predicted molar refractivity (Wildman–Crippen MR) is 130 cm³/mol. The van der Waals surface area contributed by atoms with Gasteiger partial charge >= 0.3 is 0 Å². The molecule has 0 unspecified atom stereocenters. The van der Waals surface area contributed by atoms with E-state index in [1.807, 2.05) is 32.7 Å². The number of ether oxygens (including phenoxy) is 1. The largest absolute Gasteiger partial charge is 0.474 e. The van der Waals surface area contributed by atoms with E-state index in [1.54, 1.807) is 33.7 Å². The standard InChI is InChI=1S/C22H25N9O2.CH4/c1-5-18(32)31(4)15-6-16(7-15)33-21-19-17(13-8-24-29(2)11-13)10-23-20(19)27-22(28-21)26-14-9-25-30(3)12-14;/h5,8-12,15-16H,1,6-7H2,2-4H3,(H2,23,26,27,28);1H4. The zero-order valence-corrected chi connectivity index (χ0v) is 18.7. The van der Waals surface area contributed by atoms with Crippen molar-refractivity contribution >= 4 is 28.6 Å². The third-order valence-corrected chi connectivity index (χ3v) is 5.89. The number of carbonyl (C=O) groups is 1. The Bertz CT molecular complexity index is 1330. The van der Waals surface area contributed by atoms with E-state index in [1.165, 1.54) is 6.08 Å². The Balaban J connectivity index is 0.00000274. The molecule has 11 nitrogen and oxygen atoms in total. The maximum absolute atomic E-state index is 11.9. The molecular formula is C23H29N9O2. The molecule has 1 aliphatic rings. The number of carbonyl (C=O) groups excluding carboxylic acids is 1. The van der Waals surface area contributed by atoms with Crippen LogP contribution < -0.4 is 10.1 Å². The number of rotatable bonds is 7. The molecule has 0 spiro atoms. The minimum absolute atomic E-state index is 0. The summed E-state index contributed by atoms with van der Waals surface area (Å²) in [4.78, 5) is 26.2. The van der Waals surface area contributed by atoms with Gasteiger partial charge in [0.2, 0.25) is 17.7 Å². The van der Waals surface area contributed by atoms with Crippen molar-refractivity contribution < 1.29 is 9.53 Å². The van der Waals surface area contributed by atoms with Gasteiger partial charge in [-0.1, -0.05) is 14.0 Å². The molecule has 0 atom stereocenters. The van der Waals surface area contributed by atoms with Crippen LogP contribution in [0.15, 0.2) is 43.6 Å². The first-order valence-electron chi connectivity index (χ1n) is 10.6. The van der Waals surface area contributed by atoms with Crippen LogP contribution in [0.5, 0.6) is 5.88 Å². The van der Waals surface area contributed by atoms with Crippen molar-refractivity contribution in [3.8, 4) is 17.0 Å². The van der Waals surface area contributed by atoms with Gasteiger partial charge in [0.25, 0.3) is 0 Å². The Morgan fingerprint density at radius 2 is 1.97 bits per heavy atom. The van der Waals surface area contributed by atoms with Crippen LogP contribution in [0.4, 0.5) is 11.6 Å². The normalized spacial score (nSPS) is 17.0. The third kappa shape index (κ3) is 4.24. The van der Waals surface area contributed by atoms with Crippen LogP contribution in [0, 0.1) is 0 Å². The van der Waals surface area contributed by atoms with Crippen LogP contribution in [0.2, 0.25) is 0 Å². The first-order valence-corrected chi connectivity index (χ1v) is 10.6. The van der Waals surface area contributed by atoms with Crippen molar-refractivity contribution in [3.05, 3.63) is 43.6 Å². The average Bonchev–Trinajstić information content (AvgIpc) is 3.49. The molecule has 0 bridgehead atoms. The Hall–Kier alpha value is -4.15. The number of amides is 1. The molecule has 11 heteroatoms. The highest BCUT2D eigenvalue weighted by atomic mass is 16.5. The lowest BCUT2D eigenvalue weighted by Crippen LogP contribution is -2.49. The molecule has 0 aromatic carbocycles. The molecule has 1 fully saturated rings. The molecule has 1 aliphatic carbocycles. The number of H-pyrrole nitrogens is 1. The third-order valence-electron chi connectivity index (χ3n) is 5.89. The number of hydrogen-bond acceptors (Lipinski definition) is 7. The second kappa shape index (κ2) is 9.00. The molecule has 1 amide bonds. The summed E-state index contributed by atoms with van der Waals surface area (Å²) in [6.07, 6.45) is 11.9. The lowest BCUT2D eigenvalue weighted by Gasteiger charge is -2.40. The van der Waals surface area contributed by atoms with Gasteiger partial charge in [0, 0.05) is 69.7 Å². The van der Waals surface area contributed by atoms with Gasteiger partial charge in [-0.15, -0.1) is 0 Å². The van der Waals surface area contributed by atoms with E-state index in [2.05, 4.69) is 37.0 Å². The molecule has 178 valence electrons. The fourth-order valence-corrected chi connectivity index (χ4v) is 3.98. The van der Waals surface area contributed by atoms with Crippen LogP contribution in [-0.2, 0) is 18.9 Å². The number of aromatic amines is 1. The Morgan fingerprint density at radius 1 is 1.24 bits per heavy atom. The number of fused-ring (bicyclic) bond motifs is 1. The Labute approximate surface area is 197 Å². The fraction of sp³-hybridized carbons (Fsp3) is 0.348. The second-order valence-electron chi connectivity index (χ2n) is 8.23. The first kappa shape index (κ1) is 23.0. The predicted octanol–water partition coefficient (Wildman–Crippen LogP) is 3.03. The number of likely N-dealkylation sites (N-methyl/N-ethyl adjacent to an activating group) is 1. The van der Waals surface area contributed by atoms with Crippen LogP contribution in [0.25, 0.3) is 22.2 Å². The molecule has 4 heterocycles. The molecule has 34 heavy (non-hydrogen) atoms. The molecule has 5 rings (SSSR count). The summed E-state index contributed by atoms with van der Waals surface area (Å²) in [7, 11) is 5.50. The van der Waals surface area contributed by atoms with Crippen molar-refractivity contribution in [1.29, 1.82) is 0 Å². The van der Waals surface area contributed by atoms with E-state index < -0.39 is 0 Å².